The first-order chi connectivity index (χ1) is 9.52. The molecular formula is C11H9BrN4O3S. The molecule has 0 saturated carbocycles. The minimum Gasteiger partial charge on any atom is -0.481 e. The van der Waals surface area contributed by atoms with Gasteiger partial charge in [0.1, 0.15) is 0 Å². The SMILES string of the molecule is O=C(O)Cc1ccc(NC(=O)Nc2ncc(Br)s2)cn1. The van der Waals surface area contributed by atoms with Gasteiger partial charge in [-0.2, -0.15) is 0 Å². The number of pyridine rings is 1. The number of urea groups is 1. The third kappa shape index (κ3) is 4.28. The van der Waals surface area contributed by atoms with Gasteiger partial charge in [-0.15, -0.1) is 0 Å². The van der Waals surface area contributed by atoms with E-state index in [0.717, 1.165) is 3.79 Å². The predicted molar refractivity (Wildman–Crippen MR) is 78.0 cm³/mol. The van der Waals surface area contributed by atoms with Crippen LogP contribution in [0.5, 0.6) is 0 Å². The molecule has 0 aliphatic carbocycles. The molecule has 2 aromatic rings. The lowest BCUT2D eigenvalue weighted by molar-refractivity contribution is -0.136. The van der Waals surface area contributed by atoms with E-state index in [9.17, 15) is 9.59 Å². The summed E-state index contributed by atoms with van der Waals surface area (Å²) in [6, 6.07) is 2.69. The number of thiazole rings is 1. The molecule has 104 valence electrons. The van der Waals surface area contributed by atoms with Gasteiger partial charge >= 0.3 is 12.0 Å². The number of hydrogen-bond acceptors (Lipinski definition) is 5. The molecule has 2 heterocycles. The number of aromatic nitrogens is 2. The third-order valence-electron chi connectivity index (χ3n) is 2.11. The Hall–Kier alpha value is -2.00. The van der Waals surface area contributed by atoms with E-state index in [4.69, 9.17) is 5.11 Å². The highest BCUT2D eigenvalue weighted by molar-refractivity contribution is 9.11. The Morgan fingerprint density at radius 3 is 2.60 bits per heavy atom. The first-order valence-electron chi connectivity index (χ1n) is 5.39. The van der Waals surface area contributed by atoms with Crippen molar-refractivity contribution in [3.05, 3.63) is 34.0 Å². The molecule has 2 rings (SSSR count). The van der Waals surface area contributed by atoms with Crippen molar-refractivity contribution in [1.29, 1.82) is 0 Å². The number of hydrogen-bond donors (Lipinski definition) is 3. The van der Waals surface area contributed by atoms with Gasteiger partial charge in [-0.3, -0.25) is 15.1 Å². The Morgan fingerprint density at radius 2 is 2.05 bits per heavy atom. The van der Waals surface area contributed by atoms with E-state index < -0.39 is 12.0 Å². The third-order valence-corrected chi connectivity index (χ3v) is 3.50. The largest absolute Gasteiger partial charge is 0.481 e. The number of carboxylic acids is 1. The number of nitrogens with zero attached hydrogens (tertiary/aromatic N) is 2. The minimum atomic E-state index is -0.953. The molecule has 0 fully saturated rings. The van der Waals surface area contributed by atoms with Crippen molar-refractivity contribution in [2.45, 2.75) is 6.42 Å². The van der Waals surface area contributed by atoms with Crippen LogP contribution in [0, 0.1) is 0 Å². The summed E-state index contributed by atoms with van der Waals surface area (Å²) in [6.07, 6.45) is 2.83. The van der Waals surface area contributed by atoms with E-state index in [2.05, 4.69) is 36.5 Å². The maximum atomic E-state index is 11.7. The zero-order chi connectivity index (χ0) is 14.5. The molecule has 0 radical (unpaired) electrons. The van der Waals surface area contributed by atoms with Crippen LogP contribution in [-0.2, 0) is 11.2 Å². The van der Waals surface area contributed by atoms with E-state index in [1.54, 1.807) is 18.3 Å². The van der Waals surface area contributed by atoms with Crippen LogP contribution in [0.25, 0.3) is 0 Å². The summed E-state index contributed by atoms with van der Waals surface area (Å²) in [7, 11) is 0. The number of carbonyl (C=O) groups excluding carboxylic acids is 1. The van der Waals surface area contributed by atoms with Crippen molar-refractivity contribution in [3.63, 3.8) is 0 Å². The number of carboxylic acid groups (broad SMARTS) is 1. The average Bonchev–Trinajstić information content (AvgIpc) is 2.76. The summed E-state index contributed by atoms with van der Waals surface area (Å²) in [4.78, 5) is 30.1. The van der Waals surface area contributed by atoms with Crippen molar-refractivity contribution < 1.29 is 14.7 Å². The number of aliphatic carboxylic acids is 1. The summed E-state index contributed by atoms with van der Waals surface area (Å²) in [5.41, 5.74) is 0.888. The molecule has 0 atom stereocenters. The number of anilines is 2. The van der Waals surface area contributed by atoms with E-state index in [0.29, 0.717) is 16.5 Å². The molecule has 20 heavy (non-hydrogen) atoms. The fraction of sp³-hybridized carbons (Fsp3) is 0.0909. The second-order valence-corrected chi connectivity index (χ2v) is 6.07. The molecule has 2 aromatic heterocycles. The van der Waals surface area contributed by atoms with Crippen LogP contribution >= 0.6 is 27.3 Å². The van der Waals surface area contributed by atoms with E-state index in [-0.39, 0.29) is 6.42 Å². The quantitative estimate of drug-likeness (QED) is 0.780. The highest BCUT2D eigenvalue weighted by atomic mass is 79.9. The Morgan fingerprint density at radius 1 is 1.25 bits per heavy atom. The highest BCUT2D eigenvalue weighted by Gasteiger charge is 2.07. The van der Waals surface area contributed by atoms with Crippen LogP contribution in [0.3, 0.4) is 0 Å². The van der Waals surface area contributed by atoms with E-state index in [1.165, 1.54) is 17.5 Å². The van der Waals surface area contributed by atoms with Gasteiger partial charge in [0, 0.05) is 0 Å². The molecule has 0 spiro atoms. The molecular weight excluding hydrogens is 348 g/mol. The van der Waals surface area contributed by atoms with Crippen LogP contribution in [0.15, 0.2) is 28.3 Å². The fourth-order valence-corrected chi connectivity index (χ4v) is 2.43. The predicted octanol–water partition coefficient (Wildman–Crippen LogP) is 2.57. The molecule has 9 heteroatoms. The van der Waals surface area contributed by atoms with Gasteiger partial charge < -0.3 is 10.4 Å². The molecule has 7 nitrogen and oxygen atoms in total. The van der Waals surface area contributed by atoms with Gasteiger partial charge in [-0.25, -0.2) is 9.78 Å². The average molecular weight is 357 g/mol. The van der Waals surface area contributed by atoms with Crippen LogP contribution in [-0.4, -0.2) is 27.1 Å². The van der Waals surface area contributed by atoms with Crippen LogP contribution in [0.2, 0.25) is 0 Å². The summed E-state index contributed by atoms with van der Waals surface area (Å²) >= 11 is 4.53. The van der Waals surface area contributed by atoms with Gasteiger partial charge in [0.05, 0.1) is 34.0 Å². The molecule has 0 saturated heterocycles. The molecule has 0 unspecified atom stereocenters. The highest BCUT2D eigenvalue weighted by Crippen LogP contribution is 2.23. The lowest BCUT2D eigenvalue weighted by Gasteiger charge is -2.05. The van der Waals surface area contributed by atoms with Gasteiger partial charge in [0.2, 0.25) is 0 Å². The normalized spacial score (nSPS) is 10.1. The first kappa shape index (κ1) is 14.4. The number of carbonyl (C=O) groups is 2. The summed E-state index contributed by atoms with van der Waals surface area (Å²) in [5.74, 6) is -0.953. The molecule has 0 aromatic carbocycles. The Labute approximate surface area is 126 Å². The van der Waals surface area contributed by atoms with Crippen molar-refractivity contribution in [2.75, 3.05) is 10.6 Å². The van der Waals surface area contributed by atoms with E-state index in [1.807, 2.05) is 0 Å². The van der Waals surface area contributed by atoms with Crippen molar-refractivity contribution in [2.24, 2.45) is 0 Å². The molecule has 3 N–H and O–H groups in total. The van der Waals surface area contributed by atoms with Crippen LogP contribution in [0.1, 0.15) is 5.69 Å². The number of halogens is 1. The standard InChI is InChI=1S/C11H9BrN4O3S/c12-8-5-14-11(20-8)16-10(19)15-7-2-1-6(13-4-7)3-9(17)18/h1-2,4-5H,3H2,(H,17,18)(H2,14,15,16,19). The maximum absolute atomic E-state index is 11.7. The number of amides is 2. The van der Waals surface area contributed by atoms with Crippen LogP contribution in [0.4, 0.5) is 15.6 Å². The maximum Gasteiger partial charge on any atom is 0.325 e. The fourth-order valence-electron chi connectivity index (χ4n) is 1.33. The van der Waals surface area contributed by atoms with Crippen molar-refractivity contribution >= 4 is 50.1 Å². The number of nitrogens with one attached hydrogen (secondary N) is 2. The second kappa shape index (κ2) is 6.44. The second-order valence-electron chi connectivity index (χ2n) is 3.66. The van der Waals surface area contributed by atoms with Gasteiger partial charge in [0.15, 0.2) is 5.13 Å². The zero-order valence-corrected chi connectivity index (χ0v) is 12.4. The Kier molecular flexibility index (Phi) is 4.64. The van der Waals surface area contributed by atoms with E-state index >= 15 is 0 Å². The number of rotatable bonds is 4. The first-order valence-corrected chi connectivity index (χ1v) is 7.00. The Balaban J connectivity index is 1.92. The van der Waals surface area contributed by atoms with Crippen molar-refractivity contribution in [3.8, 4) is 0 Å². The summed E-state index contributed by atoms with van der Waals surface area (Å²) < 4.78 is 0.812. The molecule has 0 aliphatic rings. The van der Waals surface area contributed by atoms with Gasteiger partial charge in [-0.1, -0.05) is 11.3 Å². The monoisotopic (exact) mass is 356 g/mol. The zero-order valence-electron chi connectivity index (χ0n) is 9.96. The molecule has 0 bridgehead atoms. The van der Waals surface area contributed by atoms with Gasteiger partial charge in [0.25, 0.3) is 0 Å². The smallest absolute Gasteiger partial charge is 0.325 e. The van der Waals surface area contributed by atoms with Crippen LogP contribution < -0.4 is 10.6 Å². The lowest BCUT2D eigenvalue weighted by atomic mass is 10.2. The van der Waals surface area contributed by atoms with Crippen molar-refractivity contribution in [1.82, 2.24) is 9.97 Å². The summed E-state index contributed by atoms with van der Waals surface area (Å²) in [5, 5.41) is 14.2. The molecule has 0 aliphatic heterocycles. The van der Waals surface area contributed by atoms with Gasteiger partial charge in [-0.05, 0) is 28.1 Å². The molecule has 2 amide bonds. The minimum absolute atomic E-state index is 0.153. The topological polar surface area (TPSA) is 104 Å². The summed E-state index contributed by atoms with van der Waals surface area (Å²) in [6.45, 7) is 0. The lowest BCUT2D eigenvalue weighted by Crippen LogP contribution is -2.19. The Bertz CT molecular complexity index is 629.